The van der Waals surface area contributed by atoms with Crippen LogP contribution in [0.5, 0.6) is 0 Å². The molecule has 0 unspecified atom stereocenters. The van der Waals surface area contributed by atoms with Gasteiger partial charge in [0.2, 0.25) is 0 Å². The van der Waals surface area contributed by atoms with Crippen LogP contribution in [-0.2, 0) is 0 Å². The fraction of sp³-hybridized carbons (Fsp3) is 0. The van der Waals surface area contributed by atoms with Crippen LogP contribution in [0.1, 0.15) is 0 Å². The number of hydrogen-bond donors (Lipinski definition) is 1. The Labute approximate surface area is 89.1 Å². The molecule has 0 bridgehead atoms. The van der Waals surface area contributed by atoms with E-state index in [0.29, 0.717) is 0 Å². The predicted octanol–water partition coefficient (Wildman–Crippen LogP) is -3.55. The fourth-order valence-electron chi connectivity index (χ4n) is 0.215. The van der Waals surface area contributed by atoms with Gasteiger partial charge in [-0.25, -0.2) is 7.69 Å². The number of nitrogens with zero attached hydrogens (tertiary/aromatic N) is 1. The first-order valence-corrected chi connectivity index (χ1v) is 1.91. The third-order valence-corrected chi connectivity index (χ3v) is 0.406. The van der Waals surface area contributed by atoms with Crippen LogP contribution in [0.4, 0.5) is 0 Å². The van der Waals surface area contributed by atoms with Crippen molar-refractivity contribution in [1.29, 1.82) is 0 Å². The number of H-pyrrole nitrogens is 1. The summed E-state index contributed by atoms with van der Waals surface area (Å²) in [5.74, 6) is 0. The van der Waals surface area contributed by atoms with Crippen molar-refractivity contribution in [3.05, 3.63) is 18.5 Å². The molecule has 0 aliphatic carbocycles. The summed E-state index contributed by atoms with van der Waals surface area (Å²) in [6, 6.07) is 1.83. The van der Waals surface area contributed by atoms with Gasteiger partial charge in [0.1, 0.15) is 0 Å². The summed E-state index contributed by atoms with van der Waals surface area (Å²) in [5, 5.41) is 22.7. The van der Waals surface area contributed by atoms with Gasteiger partial charge in [0, 0.05) is 12.4 Å². The Hall–Kier alpha value is 0.415. The van der Waals surface area contributed by atoms with E-state index in [1.54, 1.807) is 12.4 Å². The molecular weight excluding hydrogens is 163 g/mol. The summed E-state index contributed by atoms with van der Waals surface area (Å²) in [5.41, 5.74) is 0. The molecule has 51 valence electrons. The molecule has 0 spiro atoms. The fourth-order valence-corrected chi connectivity index (χ4v) is 0.215. The molecule has 0 aliphatic heterocycles. The van der Waals surface area contributed by atoms with Gasteiger partial charge in [0.15, 0.2) is 0 Å². The van der Waals surface area contributed by atoms with Gasteiger partial charge in [0.25, 0.3) is 0 Å². The number of aromatic nitrogens is 2. The summed E-state index contributed by atoms with van der Waals surface area (Å²) in [6.45, 7) is 0. The molecule has 0 saturated heterocycles. The van der Waals surface area contributed by atoms with Crippen LogP contribution in [-0.4, -0.2) is 61.1 Å². The maximum Gasteiger partial charge on any atom is 2.00 e. The van der Waals surface area contributed by atoms with Crippen molar-refractivity contribution in [3.63, 3.8) is 0 Å². The zero-order chi connectivity index (χ0) is 6.24. The minimum absolute atomic E-state index is 0. The Morgan fingerprint density at radius 3 is 2.00 bits per heavy atom. The van der Waals surface area contributed by atoms with E-state index >= 15 is 0 Å². The zero-order valence-electron chi connectivity index (χ0n) is 5.28. The maximum atomic E-state index is 8.25. The van der Waals surface area contributed by atoms with Crippen molar-refractivity contribution in [3.8, 4) is 0 Å². The monoisotopic (exact) mass is 169 g/mol. The summed E-state index contributed by atoms with van der Waals surface area (Å²) >= 11 is 0. The molecule has 5 nitrogen and oxygen atoms in total. The average Bonchev–Trinajstić information content (AvgIpc) is 2.17. The summed E-state index contributed by atoms with van der Waals surface area (Å²) < 4.78 is 0. The molecule has 1 aromatic heterocycles. The van der Waals surface area contributed by atoms with Crippen molar-refractivity contribution in [2.24, 2.45) is 0 Å². The Kier molecular flexibility index (Phi) is 27.2. The third-order valence-electron chi connectivity index (χ3n) is 0.406. The molecule has 0 aliphatic rings. The SMILES string of the molecule is O.[Ca+2].[O-][B][O-].c1cn[nH]c1. The van der Waals surface area contributed by atoms with Gasteiger partial charge in [-0.05, 0) is 6.07 Å². The number of aromatic amines is 1. The number of nitrogens with one attached hydrogen (secondary N) is 1. The van der Waals surface area contributed by atoms with E-state index < -0.39 is 7.69 Å². The molecule has 0 atom stereocenters. The van der Waals surface area contributed by atoms with Gasteiger partial charge < -0.3 is 15.5 Å². The largest absolute Gasteiger partial charge is 2.00 e. The molecule has 1 rings (SSSR count). The van der Waals surface area contributed by atoms with Crippen molar-refractivity contribution >= 4 is 45.4 Å². The predicted molar refractivity (Wildman–Crippen MR) is 33.7 cm³/mol. The summed E-state index contributed by atoms with van der Waals surface area (Å²) in [4.78, 5) is 0. The molecular formula is C3H6BCaN2O3. The van der Waals surface area contributed by atoms with Gasteiger partial charge in [0.05, 0.1) is 0 Å². The first-order valence-electron chi connectivity index (χ1n) is 1.91. The van der Waals surface area contributed by atoms with E-state index in [1.165, 1.54) is 0 Å². The van der Waals surface area contributed by atoms with Crippen LogP contribution in [0.2, 0.25) is 0 Å². The minimum atomic E-state index is -0.500. The van der Waals surface area contributed by atoms with Crippen LogP contribution in [0.3, 0.4) is 0 Å². The summed E-state index contributed by atoms with van der Waals surface area (Å²) in [7, 11) is -0.500. The van der Waals surface area contributed by atoms with Crippen molar-refractivity contribution < 1.29 is 15.5 Å². The molecule has 0 amide bonds. The van der Waals surface area contributed by atoms with E-state index in [-0.39, 0.29) is 43.2 Å². The first-order chi connectivity index (χ1) is 3.91. The molecule has 0 aromatic carbocycles. The molecule has 1 aromatic rings. The van der Waals surface area contributed by atoms with E-state index in [0.717, 1.165) is 0 Å². The van der Waals surface area contributed by atoms with Gasteiger partial charge in [-0.15, -0.1) is 0 Å². The van der Waals surface area contributed by atoms with Crippen LogP contribution in [0.25, 0.3) is 0 Å². The smallest absolute Gasteiger partial charge is 0.900 e. The van der Waals surface area contributed by atoms with Gasteiger partial charge in [-0.3, -0.25) is 5.10 Å². The van der Waals surface area contributed by atoms with Gasteiger partial charge >= 0.3 is 37.7 Å². The molecule has 3 N–H and O–H groups in total. The molecule has 10 heavy (non-hydrogen) atoms. The maximum absolute atomic E-state index is 8.25. The van der Waals surface area contributed by atoms with E-state index in [1.807, 2.05) is 6.07 Å². The third kappa shape index (κ3) is 15.8. The normalized spacial score (nSPS) is 5.40. The zero-order valence-corrected chi connectivity index (χ0v) is 7.49. The molecule has 1 radical (unpaired) electrons. The molecule has 7 heteroatoms. The Morgan fingerprint density at radius 2 is 1.90 bits per heavy atom. The Balaban J connectivity index is -0.0000000900. The second-order valence-corrected chi connectivity index (χ2v) is 0.863. The minimum Gasteiger partial charge on any atom is -0.900 e. The van der Waals surface area contributed by atoms with E-state index in [2.05, 4.69) is 10.2 Å². The van der Waals surface area contributed by atoms with Crippen LogP contribution in [0, 0.1) is 0 Å². The molecule has 1 heterocycles. The first kappa shape index (κ1) is 16.8. The Morgan fingerprint density at radius 1 is 1.40 bits per heavy atom. The number of hydrogen-bond acceptors (Lipinski definition) is 3. The van der Waals surface area contributed by atoms with Crippen molar-refractivity contribution in [2.45, 2.75) is 0 Å². The van der Waals surface area contributed by atoms with Crippen LogP contribution >= 0.6 is 0 Å². The molecule has 0 saturated carbocycles. The average molecular weight is 169 g/mol. The van der Waals surface area contributed by atoms with E-state index in [4.69, 9.17) is 10.0 Å². The van der Waals surface area contributed by atoms with Crippen LogP contribution in [0.15, 0.2) is 18.5 Å². The van der Waals surface area contributed by atoms with Crippen LogP contribution < -0.4 is 10.0 Å². The van der Waals surface area contributed by atoms with Gasteiger partial charge in [-0.2, -0.15) is 5.10 Å². The van der Waals surface area contributed by atoms with E-state index in [9.17, 15) is 0 Å². The number of rotatable bonds is 0. The Bertz CT molecular complexity index is 88.6. The topological polar surface area (TPSA) is 106 Å². The molecule has 0 fully saturated rings. The summed E-state index contributed by atoms with van der Waals surface area (Å²) in [6.07, 6.45) is 3.46. The van der Waals surface area contributed by atoms with Crippen molar-refractivity contribution in [2.75, 3.05) is 0 Å². The van der Waals surface area contributed by atoms with Gasteiger partial charge in [-0.1, -0.05) is 0 Å². The standard InChI is InChI=1S/C3H4N2.BO2.Ca.H2O/c1-2-4-5-3-1;2-1-3;;/h1-3H,(H,4,5);;;1H2/q;-2;+2;. The van der Waals surface area contributed by atoms with Crippen molar-refractivity contribution in [1.82, 2.24) is 10.2 Å². The quantitative estimate of drug-likeness (QED) is 0.406. The second kappa shape index (κ2) is 16.2. The second-order valence-electron chi connectivity index (χ2n) is 0.863.